The molecule has 5 rings (SSSR count). The number of fused-ring (bicyclic) bond motifs is 5. The molecule has 4 aliphatic rings. The van der Waals surface area contributed by atoms with Crippen molar-refractivity contribution in [3.8, 4) is 6.07 Å². The first kappa shape index (κ1) is 25.8. The van der Waals surface area contributed by atoms with E-state index >= 15 is 0 Å². The summed E-state index contributed by atoms with van der Waals surface area (Å²) in [5.74, 6) is 0.399. The highest BCUT2D eigenvalue weighted by Gasteiger charge is 2.59. The van der Waals surface area contributed by atoms with Crippen LogP contribution < -0.4 is 5.73 Å². The molecule has 2 N–H and O–H groups in total. The van der Waals surface area contributed by atoms with E-state index in [9.17, 15) is 14.9 Å². The molecule has 1 aromatic carbocycles. The molecule has 0 aliphatic heterocycles. The SMILES string of the molecule is CC(=O)O[C@H]1CC[C@@]2(C)C(=CC[C@@H]3[C@@H]2CC[C@]2(C)C(=C(\C#N)C(N)=O)/C(=C/c4ccccc4Cl)C[C@@H]32)C1. The van der Waals surface area contributed by atoms with Crippen LogP contribution in [-0.2, 0) is 14.3 Å². The second kappa shape index (κ2) is 9.48. The van der Waals surface area contributed by atoms with E-state index < -0.39 is 5.91 Å². The van der Waals surface area contributed by atoms with Crippen LogP contribution in [0.1, 0.15) is 71.3 Å². The first-order chi connectivity index (χ1) is 17.6. The van der Waals surface area contributed by atoms with E-state index in [0.29, 0.717) is 22.8 Å². The maximum atomic E-state index is 12.5. The molecule has 0 heterocycles. The molecule has 0 spiro atoms. The Morgan fingerprint density at radius 2 is 1.86 bits per heavy atom. The van der Waals surface area contributed by atoms with E-state index in [0.717, 1.165) is 61.7 Å². The minimum atomic E-state index is -0.659. The predicted octanol–water partition coefficient (Wildman–Crippen LogP) is 6.53. The zero-order chi connectivity index (χ0) is 26.5. The van der Waals surface area contributed by atoms with Crippen LogP contribution in [0.4, 0.5) is 0 Å². The number of hydrogen-bond donors (Lipinski definition) is 1. The summed E-state index contributed by atoms with van der Waals surface area (Å²) in [4.78, 5) is 24.0. The Morgan fingerprint density at radius 1 is 1.14 bits per heavy atom. The number of primary amides is 1. The molecule has 0 bridgehead atoms. The average molecular weight is 519 g/mol. The summed E-state index contributed by atoms with van der Waals surface area (Å²) in [7, 11) is 0. The van der Waals surface area contributed by atoms with Crippen molar-refractivity contribution in [2.24, 2.45) is 34.3 Å². The number of amides is 1. The number of carbonyl (C=O) groups excluding carboxylic acids is 2. The number of rotatable bonds is 3. The molecule has 1 amide bonds. The molecule has 6 atom stereocenters. The highest BCUT2D eigenvalue weighted by molar-refractivity contribution is 6.32. The van der Waals surface area contributed by atoms with Crippen LogP contribution in [0.5, 0.6) is 0 Å². The van der Waals surface area contributed by atoms with E-state index in [4.69, 9.17) is 22.1 Å². The Balaban J connectivity index is 1.56. The molecule has 0 unspecified atom stereocenters. The van der Waals surface area contributed by atoms with E-state index in [1.165, 1.54) is 12.5 Å². The lowest BCUT2D eigenvalue weighted by Gasteiger charge is -2.57. The van der Waals surface area contributed by atoms with E-state index in [1.807, 2.05) is 24.3 Å². The number of halogens is 1. The van der Waals surface area contributed by atoms with Gasteiger partial charge in [-0.3, -0.25) is 9.59 Å². The highest BCUT2D eigenvalue weighted by atomic mass is 35.5. The fraction of sp³-hybridized carbons (Fsp3) is 0.516. The summed E-state index contributed by atoms with van der Waals surface area (Å²) in [6.07, 6.45) is 10.9. The van der Waals surface area contributed by atoms with Gasteiger partial charge in [0.05, 0.1) is 0 Å². The van der Waals surface area contributed by atoms with Gasteiger partial charge in [0.1, 0.15) is 17.7 Å². The molecular formula is C31H35ClN2O3. The van der Waals surface area contributed by atoms with Gasteiger partial charge in [-0.2, -0.15) is 5.26 Å². The molecule has 5 nitrogen and oxygen atoms in total. The fourth-order valence-electron chi connectivity index (χ4n) is 8.27. The number of esters is 1. The van der Waals surface area contributed by atoms with Gasteiger partial charge in [-0.05, 0) is 96.0 Å². The molecule has 0 aromatic heterocycles. The average Bonchev–Trinajstić information content (AvgIpc) is 3.13. The lowest BCUT2D eigenvalue weighted by molar-refractivity contribution is -0.148. The van der Waals surface area contributed by atoms with Crippen LogP contribution >= 0.6 is 11.6 Å². The second-order valence-corrected chi connectivity index (χ2v) is 12.2. The summed E-state index contributed by atoms with van der Waals surface area (Å²) in [6.45, 7) is 6.12. The molecule has 3 saturated carbocycles. The largest absolute Gasteiger partial charge is 0.462 e. The van der Waals surface area contributed by atoms with Crippen molar-refractivity contribution in [1.82, 2.24) is 0 Å². The lowest BCUT2D eigenvalue weighted by Crippen LogP contribution is -2.50. The Labute approximate surface area is 224 Å². The molecule has 1 aromatic rings. The van der Waals surface area contributed by atoms with Crippen molar-refractivity contribution in [3.05, 3.63) is 63.2 Å². The van der Waals surface area contributed by atoms with E-state index in [-0.39, 0.29) is 28.5 Å². The van der Waals surface area contributed by atoms with Crippen molar-refractivity contribution in [2.75, 3.05) is 0 Å². The smallest absolute Gasteiger partial charge is 0.302 e. The summed E-state index contributed by atoms with van der Waals surface area (Å²) in [5.41, 5.74) is 9.79. The molecular weight excluding hydrogens is 484 g/mol. The van der Waals surface area contributed by atoms with Crippen LogP contribution in [-0.4, -0.2) is 18.0 Å². The standard InChI is InChI=1S/C31H35ClN2O3/c1-18(35)37-22-10-12-30(2)21(16-22)8-9-23-25(30)11-13-31(3)26(23)15-20(28(31)24(17-33)29(34)36)14-19-6-4-5-7-27(19)32/h4-8,14,22-23,25-26H,9-13,15-16H2,1-3H3,(H2,34,36)/b20-14+,28-24+/t22-,23+,25-,26-,30-,31-/m0/s1. The molecule has 194 valence electrons. The third-order valence-electron chi connectivity index (χ3n) is 9.96. The van der Waals surface area contributed by atoms with Crippen LogP contribution in [0.15, 0.2) is 52.6 Å². The van der Waals surface area contributed by atoms with Crippen LogP contribution in [0.2, 0.25) is 5.02 Å². The van der Waals surface area contributed by atoms with Gasteiger partial charge >= 0.3 is 5.97 Å². The Bertz CT molecular complexity index is 1290. The minimum absolute atomic E-state index is 0.0258. The number of carbonyl (C=O) groups is 2. The topological polar surface area (TPSA) is 93.2 Å². The number of hydrogen-bond acceptors (Lipinski definition) is 4. The first-order valence-electron chi connectivity index (χ1n) is 13.4. The maximum Gasteiger partial charge on any atom is 0.302 e. The molecule has 3 fully saturated rings. The van der Waals surface area contributed by atoms with Crippen molar-refractivity contribution in [2.45, 2.75) is 71.8 Å². The normalized spacial score (nSPS) is 36.9. The molecule has 0 radical (unpaired) electrons. The van der Waals surface area contributed by atoms with Crippen LogP contribution in [0, 0.1) is 39.9 Å². The number of allylic oxidation sites excluding steroid dienone is 3. The fourth-order valence-corrected chi connectivity index (χ4v) is 8.46. The third-order valence-corrected chi connectivity index (χ3v) is 10.3. The summed E-state index contributed by atoms with van der Waals surface area (Å²) in [5, 5.41) is 10.7. The van der Waals surface area contributed by atoms with Crippen molar-refractivity contribution in [1.29, 1.82) is 5.26 Å². The zero-order valence-corrected chi connectivity index (χ0v) is 22.6. The highest BCUT2D eigenvalue weighted by Crippen LogP contribution is 2.67. The quantitative estimate of drug-likeness (QED) is 0.213. The van der Waals surface area contributed by atoms with E-state index in [1.54, 1.807) is 0 Å². The van der Waals surface area contributed by atoms with Gasteiger partial charge in [0.2, 0.25) is 0 Å². The number of ether oxygens (including phenoxy) is 1. The third kappa shape index (κ3) is 4.24. The van der Waals surface area contributed by atoms with Crippen LogP contribution in [0.3, 0.4) is 0 Å². The van der Waals surface area contributed by atoms with Crippen molar-refractivity contribution in [3.63, 3.8) is 0 Å². The molecule has 6 heteroatoms. The van der Waals surface area contributed by atoms with Gasteiger partial charge < -0.3 is 10.5 Å². The maximum absolute atomic E-state index is 12.5. The number of nitriles is 1. The van der Waals surface area contributed by atoms with Crippen LogP contribution in [0.25, 0.3) is 6.08 Å². The molecule has 0 saturated heterocycles. The number of nitrogens with zero attached hydrogens (tertiary/aromatic N) is 1. The number of benzene rings is 1. The van der Waals surface area contributed by atoms with Gasteiger partial charge in [0.25, 0.3) is 5.91 Å². The van der Waals surface area contributed by atoms with E-state index in [2.05, 4.69) is 32.1 Å². The van der Waals surface area contributed by atoms with Crippen molar-refractivity contribution >= 4 is 29.6 Å². The Morgan fingerprint density at radius 3 is 2.54 bits per heavy atom. The Hall–Kier alpha value is -2.84. The first-order valence-corrected chi connectivity index (χ1v) is 13.7. The molecule has 37 heavy (non-hydrogen) atoms. The van der Waals surface area contributed by atoms with Crippen molar-refractivity contribution < 1.29 is 14.3 Å². The second-order valence-electron chi connectivity index (χ2n) is 11.8. The minimum Gasteiger partial charge on any atom is -0.462 e. The lowest BCUT2D eigenvalue weighted by atomic mass is 9.47. The van der Waals surface area contributed by atoms with Gasteiger partial charge in [0, 0.05) is 18.4 Å². The van der Waals surface area contributed by atoms with Gasteiger partial charge in [-0.25, -0.2) is 0 Å². The zero-order valence-electron chi connectivity index (χ0n) is 21.9. The van der Waals surface area contributed by atoms with Gasteiger partial charge in [0.15, 0.2) is 0 Å². The molecule has 4 aliphatic carbocycles. The monoisotopic (exact) mass is 518 g/mol. The van der Waals surface area contributed by atoms with Gasteiger partial charge in [-0.15, -0.1) is 0 Å². The van der Waals surface area contributed by atoms with Gasteiger partial charge in [-0.1, -0.05) is 55.3 Å². The number of nitrogens with two attached hydrogens (primary N) is 1. The predicted molar refractivity (Wildman–Crippen MR) is 144 cm³/mol. The Kier molecular flexibility index (Phi) is 6.61. The summed E-state index contributed by atoms with van der Waals surface area (Å²) >= 11 is 6.51. The summed E-state index contributed by atoms with van der Waals surface area (Å²) in [6, 6.07) is 9.82. The summed E-state index contributed by atoms with van der Waals surface area (Å²) < 4.78 is 5.58.